The van der Waals surface area contributed by atoms with Crippen molar-refractivity contribution in [3.05, 3.63) is 0 Å². The summed E-state index contributed by atoms with van der Waals surface area (Å²) in [6.45, 7) is 5.95. The smallest absolute Gasteiger partial charge is 0.320 e. The lowest BCUT2D eigenvalue weighted by molar-refractivity contribution is -0.125. The van der Waals surface area contributed by atoms with Crippen LogP contribution >= 0.6 is 0 Å². The third kappa shape index (κ3) is 4.80. The van der Waals surface area contributed by atoms with Gasteiger partial charge < -0.3 is 15.5 Å². The Bertz CT molecular complexity index is 724. The highest BCUT2D eigenvalue weighted by atomic mass is 32.2. The molecular weight excluding hydrogens is 360 g/mol. The van der Waals surface area contributed by atoms with Crippen LogP contribution < -0.4 is 5.73 Å². The van der Waals surface area contributed by atoms with Gasteiger partial charge >= 0.3 is 6.03 Å². The first kappa shape index (κ1) is 20.3. The van der Waals surface area contributed by atoms with Gasteiger partial charge in [0.15, 0.2) is 9.84 Å². The minimum absolute atomic E-state index is 0.0571. The molecule has 1 atom stereocenters. The van der Waals surface area contributed by atoms with Gasteiger partial charge in [0.2, 0.25) is 0 Å². The Morgan fingerprint density at radius 3 is 2.15 bits per heavy atom. The summed E-state index contributed by atoms with van der Waals surface area (Å²) in [6, 6.07) is -1.06. The second-order valence-electron chi connectivity index (χ2n) is 7.71. The number of carbonyl (C=O) groups is 3. The summed E-state index contributed by atoms with van der Waals surface area (Å²) in [6.07, 6.45) is 0.362. The predicted molar refractivity (Wildman–Crippen MR) is 96.4 cm³/mol. The van der Waals surface area contributed by atoms with Crippen molar-refractivity contribution in [3.8, 4) is 0 Å². The van der Waals surface area contributed by atoms with Crippen molar-refractivity contribution in [2.45, 2.75) is 39.7 Å². The number of nitrogens with zero attached hydrogens (tertiary/aromatic N) is 3. The van der Waals surface area contributed by atoms with Crippen LogP contribution in [0.1, 0.15) is 33.6 Å². The van der Waals surface area contributed by atoms with Gasteiger partial charge in [-0.1, -0.05) is 20.8 Å². The zero-order valence-electron chi connectivity index (χ0n) is 15.4. The number of Topliss-reactive ketones (excluding diaryl/α,β-unsaturated/α-hetero) is 1. The molecule has 2 aliphatic heterocycles. The highest BCUT2D eigenvalue weighted by molar-refractivity contribution is 7.91. The third-order valence-electron chi connectivity index (χ3n) is 4.60. The first-order valence-corrected chi connectivity index (χ1v) is 10.4. The van der Waals surface area contributed by atoms with E-state index in [1.807, 2.05) is 0 Å². The number of sulfone groups is 1. The summed E-state index contributed by atoms with van der Waals surface area (Å²) in [5.41, 5.74) is 5.14. The first-order valence-electron chi connectivity index (χ1n) is 8.57. The van der Waals surface area contributed by atoms with Crippen LogP contribution in [0.15, 0.2) is 4.99 Å². The molecule has 3 amide bonds. The van der Waals surface area contributed by atoms with Crippen molar-refractivity contribution in [2.75, 3.05) is 31.1 Å². The van der Waals surface area contributed by atoms with Gasteiger partial charge in [0.25, 0.3) is 5.91 Å². The average Bonchev–Trinajstić information content (AvgIpc) is 2.44. The minimum Gasteiger partial charge on any atom is -0.387 e. The van der Waals surface area contributed by atoms with E-state index in [-0.39, 0.29) is 48.7 Å². The van der Waals surface area contributed by atoms with Gasteiger partial charge in [-0.3, -0.25) is 9.59 Å². The number of nitrogens with two attached hydrogens (primary N) is 1. The number of likely N-dealkylation sites (tertiary alicyclic amines) is 1. The lowest BCUT2D eigenvalue weighted by atomic mass is 9.89. The van der Waals surface area contributed by atoms with Crippen molar-refractivity contribution < 1.29 is 22.8 Å². The summed E-state index contributed by atoms with van der Waals surface area (Å²) in [5, 5.41) is 0. The zero-order valence-corrected chi connectivity index (χ0v) is 16.2. The number of rotatable bonds is 3. The maximum Gasteiger partial charge on any atom is 0.320 e. The number of amidine groups is 1. The van der Waals surface area contributed by atoms with E-state index in [9.17, 15) is 22.8 Å². The Kier molecular flexibility index (Phi) is 5.74. The molecule has 26 heavy (non-hydrogen) atoms. The van der Waals surface area contributed by atoms with E-state index in [0.29, 0.717) is 13.0 Å². The van der Waals surface area contributed by atoms with Crippen molar-refractivity contribution >= 4 is 33.4 Å². The highest BCUT2D eigenvalue weighted by Crippen LogP contribution is 2.22. The molecule has 2 heterocycles. The van der Waals surface area contributed by atoms with E-state index < -0.39 is 27.2 Å². The lowest BCUT2D eigenvalue weighted by Gasteiger charge is -2.42. The minimum atomic E-state index is -3.08. The zero-order chi connectivity index (χ0) is 19.7. The van der Waals surface area contributed by atoms with E-state index in [4.69, 9.17) is 5.73 Å². The lowest BCUT2D eigenvalue weighted by Crippen LogP contribution is -2.60. The van der Waals surface area contributed by atoms with Crippen LogP contribution in [-0.2, 0) is 19.4 Å². The van der Waals surface area contributed by atoms with Crippen LogP contribution in [0, 0.1) is 5.41 Å². The highest BCUT2D eigenvalue weighted by Gasteiger charge is 2.40. The molecule has 10 heteroatoms. The quantitative estimate of drug-likeness (QED) is 0.528. The second kappa shape index (κ2) is 7.34. The molecule has 1 unspecified atom stereocenters. The number of aliphatic imine (C=N–C) groups is 1. The van der Waals surface area contributed by atoms with Gasteiger partial charge in [0, 0.05) is 25.0 Å². The molecule has 2 aliphatic rings. The molecular formula is C16H26N4O5S. The number of hydrogen-bond acceptors (Lipinski definition) is 5. The van der Waals surface area contributed by atoms with E-state index in [2.05, 4.69) is 4.99 Å². The second-order valence-corrected chi connectivity index (χ2v) is 10.0. The van der Waals surface area contributed by atoms with E-state index in [1.165, 1.54) is 9.80 Å². The van der Waals surface area contributed by atoms with Crippen LogP contribution in [0.25, 0.3) is 0 Å². The average molecular weight is 386 g/mol. The van der Waals surface area contributed by atoms with Crippen molar-refractivity contribution in [2.24, 2.45) is 16.1 Å². The third-order valence-corrected chi connectivity index (χ3v) is 6.21. The number of ketones is 1. The molecule has 2 fully saturated rings. The van der Waals surface area contributed by atoms with Gasteiger partial charge in [-0.05, 0) is 6.42 Å². The monoisotopic (exact) mass is 386 g/mol. The number of carbonyl (C=O) groups excluding carboxylic acids is 3. The molecule has 146 valence electrons. The van der Waals surface area contributed by atoms with Crippen molar-refractivity contribution in [1.82, 2.24) is 9.80 Å². The molecule has 9 nitrogen and oxygen atoms in total. The Hall–Kier alpha value is -1.97. The molecule has 0 bridgehead atoms. The van der Waals surface area contributed by atoms with Crippen LogP contribution in [-0.4, -0.2) is 79.0 Å². The molecule has 0 aromatic carbocycles. The van der Waals surface area contributed by atoms with E-state index >= 15 is 0 Å². The van der Waals surface area contributed by atoms with Gasteiger partial charge in [-0.15, -0.1) is 0 Å². The summed E-state index contributed by atoms with van der Waals surface area (Å²) in [7, 11) is -3.08. The van der Waals surface area contributed by atoms with Gasteiger partial charge in [-0.25, -0.2) is 13.2 Å². The number of amides is 3. The summed E-state index contributed by atoms with van der Waals surface area (Å²) in [5.74, 6) is -0.856. The topological polar surface area (TPSA) is 130 Å². The number of urea groups is 1. The molecule has 0 radical (unpaired) electrons. The molecule has 0 aromatic rings. The molecule has 2 saturated heterocycles. The van der Waals surface area contributed by atoms with E-state index in [1.54, 1.807) is 20.8 Å². The van der Waals surface area contributed by atoms with Crippen molar-refractivity contribution in [3.63, 3.8) is 0 Å². The van der Waals surface area contributed by atoms with Crippen LogP contribution in [0.2, 0.25) is 0 Å². The van der Waals surface area contributed by atoms with Gasteiger partial charge in [0.1, 0.15) is 17.7 Å². The molecule has 0 aromatic heterocycles. The van der Waals surface area contributed by atoms with Crippen molar-refractivity contribution in [1.29, 1.82) is 0 Å². The molecule has 2 rings (SSSR count). The molecule has 2 N–H and O–H groups in total. The van der Waals surface area contributed by atoms with Gasteiger partial charge in [-0.2, -0.15) is 4.99 Å². The van der Waals surface area contributed by atoms with E-state index in [0.717, 1.165) is 0 Å². The maximum atomic E-state index is 12.5. The maximum absolute atomic E-state index is 12.5. The Labute approximate surface area is 153 Å². The normalized spacial score (nSPS) is 23.3. The predicted octanol–water partition coefficient (Wildman–Crippen LogP) is -0.200. The molecule has 0 saturated carbocycles. The first-order chi connectivity index (χ1) is 11.9. The molecule has 0 spiro atoms. The van der Waals surface area contributed by atoms with Crippen LogP contribution in [0.5, 0.6) is 0 Å². The van der Waals surface area contributed by atoms with Crippen LogP contribution in [0.4, 0.5) is 4.79 Å². The standard InChI is InChI=1S/C16H26N4O5S/c1-16(2,3)12(21)10-13(17)18-14(22)11-4-5-20(11)15(23)19-6-8-26(24,25)9-7-19/h11H,4-10H2,1-3H3,(H2,17,18,22). The van der Waals surface area contributed by atoms with Gasteiger partial charge in [0.05, 0.1) is 17.9 Å². The Morgan fingerprint density at radius 1 is 1.12 bits per heavy atom. The van der Waals surface area contributed by atoms with Crippen LogP contribution in [0.3, 0.4) is 0 Å². The largest absolute Gasteiger partial charge is 0.387 e. The Balaban J connectivity index is 1.95. The summed E-state index contributed by atoms with van der Waals surface area (Å²) in [4.78, 5) is 43.3. The summed E-state index contributed by atoms with van der Waals surface area (Å²) < 4.78 is 22.9. The fourth-order valence-corrected chi connectivity index (χ4v) is 3.84. The fourth-order valence-electron chi connectivity index (χ4n) is 2.64. The SMILES string of the molecule is CC(C)(C)C(=O)CC(N)=NC(=O)C1CCN1C(=O)N1CCS(=O)(=O)CC1. The molecule has 0 aliphatic carbocycles. The summed E-state index contributed by atoms with van der Waals surface area (Å²) >= 11 is 0. The number of hydrogen-bond donors (Lipinski definition) is 1. The Morgan fingerprint density at radius 2 is 1.69 bits per heavy atom. The fraction of sp³-hybridized carbons (Fsp3) is 0.750.